The standard InChI is InChI=1S/C27H22NS.C14H16GeN.Ir/c1-27(2,3)19-15-16-28-23(17-19)21-12-7-13-22-25-20(18-9-5-4-6-10-18)11-8-14-24(25)29-26(21)22;1-15(2,3)13-9-10-14(16-11-13)12-7-5-4-6-8-12;/h4-11,13-17H,1-3H3;4-7,9-11H,1-3H3;/q2*-1;. The molecule has 0 aliphatic heterocycles. The molecule has 0 aliphatic carbocycles. The van der Waals surface area contributed by atoms with Crippen molar-refractivity contribution in [3.8, 4) is 33.6 Å². The summed E-state index contributed by atoms with van der Waals surface area (Å²) in [6, 6.07) is 44.7. The third-order valence-electron chi connectivity index (χ3n) is 8.04. The molecule has 5 heteroatoms. The van der Waals surface area contributed by atoms with Crippen LogP contribution < -0.4 is 4.40 Å². The minimum atomic E-state index is -1.72. The first-order valence-electron chi connectivity index (χ1n) is 15.4. The third kappa shape index (κ3) is 7.42. The largest absolute Gasteiger partial charge is 0 e. The van der Waals surface area contributed by atoms with Gasteiger partial charge >= 0.3 is 99.8 Å². The summed E-state index contributed by atoms with van der Waals surface area (Å²) in [4.78, 5) is 9.23. The van der Waals surface area contributed by atoms with Crippen LogP contribution in [0.15, 0.2) is 122 Å². The fraction of sp³-hybridized carbons (Fsp3) is 0.171. The average molecular weight is 856 g/mol. The molecule has 0 aliphatic rings. The Bertz CT molecular complexity index is 2060. The maximum Gasteiger partial charge on any atom is 0 e. The molecule has 233 valence electrons. The number of hydrogen-bond acceptors (Lipinski definition) is 3. The summed E-state index contributed by atoms with van der Waals surface area (Å²) in [5, 5.41) is 2.60. The Morgan fingerprint density at radius 2 is 1.50 bits per heavy atom. The van der Waals surface area contributed by atoms with Gasteiger partial charge in [-0.15, -0.1) is 23.8 Å². The van der Waals surface area contributed by atoms with Crippen LogP contribution in [0.5, 0.6) is 0 Å². The molecule has 46 heavy (non-hydrogen) atoms. The summed E-state index contributed by atoms with van der Waals surface area (Å²) in [7, 11) is 0. The number of pyridine rings is 2. The molecule has 0 spiro atoms. The van der Waals surface area contributed by atoms with Gasteiger partial charge < -0.3 is 4.98 Å². The van der Waals surface area contributed by atoms with Crippen LogP contribution in [-0.4, -0.2) is 23.2 Å². The Balaban J connectivity index is 0.000000209. The zero-order chi connectivity index (χ0) is 31.6. The number of aromatic nitrogens is 2. The van der Waals surface area contributed by atoms with Crippen molar-refractivity contribution in [1.29, 1.82) is 0 Å². The van der Waals surface area contributed by atoms with Crippen LogP contribution >= 0.6 is 11.3 Å². The molecule has 3 aromatic heterocycles. The Hall–Kier alpha value is -3.41. The van der Waals surface area contributed by atoms with Crippen molar-refractivity contribution < 1.29 is 20.1 Å². The monoisotopic (exact) mass is 857 g/mol. The van der Waals surface area contributed by atoms with Gasteiger partial charge in [-0.1, -0.05) is 74.7 Å². The maximum absolute atomic E-state index is 4.70. The van der Waals surface area contributed by atoms with Gasteiger partial charge in [0, 0.05) is 31.0 Å². The van der Waals surface area contributed by atoms with Crippen LogP contribution in [0.4, 0.5) is 0 Å². The number of thiophene rings is 1. The van der Waals surface area contributed by atoms with Crippen molar-refractivity contribution >= 4 is 49.2 Å². The molecule has 0 unspecified atom stereocenters. The van der Waals surface area contributed by atoms with E-state index in [-0.39, 0.29) is 25.5 Å². The summed E-state index contributed by atoms with van der Waals surface area (Å²) in [6.07, 6.45) is 3.96. The second kappa shape index (κ2) is 14.2. The molecule has 0 bridgehead atoms. The van der Waals surface area contributed by atoms with Gasteiger partial charge in [0.15, 0.2) is 0 Å². The minimum absolute atomic E-state index is 0. The van der Waals surface area contributed by atoms with E-state index in [0.29, 0.717) is 0 Å². The zero-order valence-electron chi connectivity index (χ0n) is 27.2. The van der Waals surface area contributed by atoms with Gasteiger partial charge in [0.1, 0.15) is 0 Å². The van der Waals surface area contributed by atoms with Gasteiger partial charge in [0.2, 0.25) is 0 Å². The molecule has 0 amide bonds. The van der Waals surface area contributed by atoms with Crippen LogP contribution in [0.1, 0.15) is 26.3 Å². The zero-order valence-corrected chi connectivity index (χ0v) is 32.5. The van der Waals surface area contributed by atoms with Crippen LogP contribution in [-0.2, 0) is 25.5 Å². The Labute approximate surface area is 293 Å². The van der Waals surface area contributed by atoms with E-state index in [1.165, 1.54) is 41.3 Å². The SMILES string of the molecule is CC(C)(C)c1ccnc(-c2[c-]ccc3c2sc2cccc(-c4ccccc4)c23)c1.[CH3][Ge]([CH3])([CH3])[c]1ccc(-c2[c-]cccc2)nc1.[Ir]. The van der Waals surface area contributed by atoms with Gasteiger partial charge in [-0.2, -0.15) is 11.3 Å². The van der Waals surface area contributed by atoms with Crippen LogP contribution in [0.2, 0.25) is 17.3 Å². The first-order valence-corrected chi connectivity index (χ1v) is 23.6. The fourth-order valence-electron chi connectivity index (χ4n) is 5.42. The molecule has 0 atom stereocenters. The smallest absolute Gasteiger partial charge is 0 e. The van der Waals surface area contributed by atoms with Gasteiger partial charge in [-0.25, -0.2) is 0 Å². The topological polar surface area (TPSA) is 25.8 Å². The molecular weight excluding hydrogens is 817 g/mol. The molecule has 0 fully saturated rings. The molecule has 0 saturated heterocycles. The van der Waals surface area contributed by atoms with Crippen molar-refractivity contribution in [1.82, 2.24) is 9.97 Å². The summed E-state index contributed by atoms with van der Waals surface area (Å²) in [5.74, 6) is 7.14. The quantitative estimate of drug-likeness (QED) is 0.130. The van der Waals surface area contributed by atoms with Gasteiger partial charge in [-0.05, 0) is 50.0 Å². The molecule has 2 nitrogen and oxygen atoms in total. The Morgan fingerprint density at radius 1 is 0.717 bits per heavy atom. The molecule has 1 radical (unpaired) electrons. The van der Waals surface area contributed by atoms with Crippen molar-refractivity contribution in [2.24, 2.45) is 0 Å². The van der Waals surface area contributed by atoms with Crippen LogP contribution in [0, 0.1) is 12.1 Å². The predicted octanol–water partition coefficient (Wildman–Crippen LogP) is 11.0. The molecule has 7 aromatic rings. The number of benzene rings is 4. The first kappa shape index (κ1) is 33.9. The summed E-state index contributed by atoms with van der Waals surface area (Å²) in [5.41, 5.74) is 8.07. The summed E-state index contributed by atoms with van der Waals surface area (Å²) < 4.78 is 4.00. The minimum Gasteiger partial charge on any atom is 0 e. The van der Waals surface area contributed by atoms with E-state index in [2.05, 4.69) is 134 Å². The van der Waals surface area contributed by atoms with Crippen molar-refractivity contribution in [3.05, 3.63) is 139 Å². The van der Waals surface area contributed by atoms with Gasteiger partial charge in [0.25, 0.3) is 0 Å². The normalized spacial score (nSPS) is 11.5. The van der Waals surface area contributed by atoms with E-state index in [0.717, 1.165) is 22.5 Å². The van der Waals surface area contributed by atoms with Crippen molar-refractivity contribution in [2.45, 2.75) is 43.5 Å². The second-order valence-electron chi connectivity index (χ2n) is 13.4. The van der Waals surface area contributed by atoms with E-state index in [1.807, 2.05) is 54.1 Å². The van der Waals surface area contributed by atoms with Crippen LogP contribution in [0.25, 0.3) is 53.8 Å². The number of nitrogens with zero attached hydrogens (tertiary/aromatic N) is 2. The molecule has 0 N–H and O–H groups in total. The van der Waals surface area contributed by atoms with E-state index in [1.54, 1.807) is 0 Å². The Morgan fingerprint density at radius 3 is 2.17 bits per heavy atom. The molecule has 0 saturated carbocycles. The number of rotatable bonds is 4. The maximum atomic E-state index is 4.70. The van der Waals surface area contributed by atoms with Crippen molar-refractivity contribution in [3.63, 3.8) is 0 Å². The molecule has 3 heterocycles. The molecule has 4 aromatic carbocycles. The third-order valence-corrected chi connectivity index (χ3v) is 13.5. The van der Waals surface area contributed by atoms with Gasteiger partial charge in [-0.3, -0.25) is 0 Å². The molecule has 7 rings (SSSR count). The van der Waals surface area contributed by atoms with E-state index < -0.39 is 13.3 Å². The van der Waals surface area contributed by atoms with Crippen molar-refractivity contribution in [2.75, 3.05) is 0 Å². The summed E-state index contributed by atoms with van der Waals surface area (Å²) >= 11 is 0.118. The Kier molecular flexibility index (Phi) is 10.4. The first-order chi connectivity index (χ1) is 21.6. The predicted molar refractivity (Wildman–Crippen MR) is 197 cm³/mol. The van der Waals surface area contributed by atoms with Gasteiger partial charge in [0.05, 0.1) is 0 Å². The van der Waals surface area contributed by atoms with E-state index in [4.69, 9.17) is 4.98 Å². The molecular formula is C41H38GeIrN2S-2. The number of hydrogen-bond donors (Lipinski definition) is 0. The average Bonchev–Trinajstić information content (AvgIpc) is 3.44. The number of fused-ring (bicyclic) bond motifs is 3. The van der Waals surface area contributed by atoms with Crippen LogP contribution in [0.3, 0.4) is 0 Å². The second-order valence-corrected chi connectivity index (χ2v) is 25.1. The van der Waals surface area contributed by atoms with E-state index >= 15 is 0 Å². The summed E-state index contributed by atoms with van der Waals surface area (Å²) in [6.45, 7) is 6.71. The van der Waals surface area contributed by atoms with E-state index in [9.17, 15) is 0 Å². The fourth-order valence-corrected chi connectivity index (χ4v) is 8.83.